The third-order valence-electron chi connectivity index (χ3n) is 4.71. The van der Waals surface area contributed by atoms with Gasteiger partial charge in [-0.1, -0.05) is 0 Å². The minimum atomic E-state index is -4.07. The summed E-state index contributed by atoms with van der Waals surface area (Å²) in [5.74, 6) is 1.15. The van der Waals surface area contributed by atoms with Crippen molar-refractivity contribution >= 4 is 15.7 Å². The second kappa shape index (κ2) is 8.26. The number of hydrogen-bond donors (Lipinski definition) is 0. The number of nitro groups is 1. The summed E-state index contributed by atoms with van der Waals surface area (Å²) in [6.45, 7) is 0.0409. The number of benzene rings is 2. The van der Waals surface area contributed by atoms with Crippen LogP contribution in [0.5, 0.6) is 17.2 Å². The molecule has 1 aliphatic carbocycles. The van der Waals surface area contributed by atoms with Crippen molar-refractivity contribution in [2.45, 2.75) is 30.3 Å². The maximum absolute atomic E-state index is 13.5. The largest absolute Gasteiger partial charge is 0.497 e. The number of rotatable bonds is 9. The summed E-state index contributed by atoms with van der Waals surface area (Å²) < 4.78 is 44.1. The molecule has 1 saturated carbocycles. The Kier molecular flexibility index (Phi) is 5.94. The molecule has 0 saturated heterocycles. The lowest BCUT2D eigenvalue weighted by molar-refractivity contribution is -0.385. The maximum Gasteiger partial charge on any atom is 0.271 e. The highest BCUT2D eigenvalue weighted by Gasteiger charge is 2.40. The van der Waals surface area contributed by atoms with Crippen LogP contribution in [0.4, 0.5) is 5.69 Å². The van der Waals surface area contributed by atoms with Gasteiger partial charge in [-0.05, 0) is 37.1 Å². The topological polar surface area (TPSA) is 108 Å². The average Bonchev–Trinajstić information content (AvgIpc) is 3.56. The van der Waals surface area contributed by atoms with E-state index in [1.165, 1.54) is 37.8 Å². The van der Waals surface area contributed by atoms with Crippen molar-refractivity contribution in [3.05, 3.63) is 52.1 Å². The SMILES string of the molecule is COc1ccc(OC)c(CN(C2CC2)S(=O)(=O)c2cc([N+](=O)[O-])ccc2OC)c1. The van der Waals surface area contributed by atoms with Crippen molar-refractivity contribution < 1.29 is 27.6 Å². The van der Waals surface area contributed by atoms with E-state index in [-0.39, 0.29) is 28.9 Å². The first-order valence-corrected chi connectivity index (χ1v) is 10.3. The first-order valence-electron chi connectivity index (χ1n) is 8.87. The van der Waals surface area contributed by atoms with E-state index in [1.807, 2.05) is 0 Å². The average molecular weight is 422 g/mol. The molecular formula is C19H22N2O7S. The van der Waals surface area contributed by atoms with Gasteiger partial charge in [0.2, 0.25) is 10.0 Å². The van der Waals surface area contributed by atoms with Crippen molar-refractivity contribution in [3.63, 3.8) is 0 Å². The molecule has 1 fully saturated rings. The Balaban J connectivity index is 2.06. The minimum Gasteiger partial charge on any atom is -0.497 e. The van der Waals surface area contributed by atoms with Crippen LogP contribution < -0.4 is 14.2 Å². The number of nitro benzene ring substituents is 1. The molecule has 0 radical (unpaired) electrons. The molecule has 2 aromatic rings. The second-order valence-electron chi connectivity index (χ2n) is 6.55. The van der Waals surface area contributed by atoms with E-state index in [2.05, 4.69) is 0 Å². The summed E-state index contributed by atoms with van der Waals surface area (Å²) in [7, 11) is 0.282. The first kappa shape index (κ1) is 20.9. The van der Waals surface area contributed by atoms with Gasteiger partial charge in [0.05, 0.1) is 26.3 Å². The predicted octanol–water partition coefficient (Wildman–Crippen LogP) is 2.97. The smallest absolute Gasteiger partial charge is 0.271 e. The van der Waals surface area contributed by atoms with Crippen LogP contribution in [0.3, 0.4) is 0 Å². The molecule has 0 unspecified atom stereocenters. The first-order chi connectivity index (χ1) is 13.8. The standard InChI is InChI=1S/C19H22N2O7S/c1-26-16-7-9-17(27-2)13(10-16)12-20(14-4-5-14)29(24,25)19-11-15(21(22)23)6-8-18(19)28-3/h6-11,14H,4-5,12H2,1-3H3. The van der Waals surface area contributed by atoms with Gasteiger partial charge in [0.15, 0.2) is 0 Å². The Hall–Kier alpha value is -2.85. The highest BCUT2D eigenvalue weighted by molar-refractivity contribution is 7.89. The van der Waals surface area contributed by atoms with E-state index < -0.39 is 14.9 Å². The van der Waals surface area contributed by atoms with Gasteiger partial charge in [0.1, 0.15) is 22.1 Å². The van der Waals surface area contributed by atoms with Crippen LogP contribution in [0.25, 0.3) is 0 Å². The van der Waals surface area contributed by atoms with Gasteiger partial charge in [-0.25, -0.2) is 8.42 Å². The Morgan fingerprint density at radius 3 is 2.24 bits per heavy atom. The lowest BCUT2D eigenvalue weighted by atomic mass is 10.2. The molecule has 0 heterocycles. The number of sulfonamides is 1. The monoisotopic (exact) mass is 422 g/mol. The van der Waals surface area contributed by atoms with Crippen LogP contribution >= 0.6 is 0 Å². The van der Waals surface area contributed by atoms with Gasteiger partial charge in [0.25, 0.3) is 5.69 Å². The predicted molar refractivity (Wildman–Crippen MR) is 105 cm³/mol. The van der Waals surface area contributed by atoms with Crippen LogP contribution in [0.1, 0.15) is 18.4 Å². The van der Waals surface area contributed by atoms with Gasteiger partial charge in [0, 0.05) is 30.3 Å². The highest BCUT2D eigenvalue weighted by Crippen LogP contribution is 2.39. The molecule has 0 aliphatic heterocycles. The van der Waals surface area contributed by atoms with Crippen molar-refractivity contribution in [2.75, 3.05) is 21.3 Å². The lowest BCUT2D eigenvalue weighted by Crippen LogP contribution is -2.33. The van der Waals surface area contributed by atoms with Crippen molar-refractivity contribution in [2.24, 2.45) is 0 Å². The third kappa shape index (κ3) is 4.28. The molecule has 29 heavy (non-hydrogen) atoms. The Morgan fingerprint density at radius 2 is 1.69 bits per heavy atom. The summed E-state index contributed by atoms with van der Waals surface area (Å²) in [6, 6.07) is 8.50. The lowest BCUT2D eigenvalue weighted by Gasteiger charge is -2.24. The molecular weight excluding hydrogens is 400 g/mol. The molecule has 2 aromatic carbocycles. The van der Waals surface area contributed by atoms with Gasteiger partial charge in [-0.2, -0.15) is 4.31 Å². The zero-order valence-corrected chi connectivity index (χ0v) is 17.1. The van der Waals surface area contributed by atoms with E-state index in [4.69, 9.17) is 14.2 Å². The summed E-state index contributed by atoms with van der Waals surface area (Å²) in [4.78, 5) is 10.3. The van der Waals surface area contributed by atoms with Crippen LogP contribution in [0.2, 0.25) is 0 Å². The molecule has 0 atom stereocenters. The molecule has 3 rings (SSSR count). The zero-order valence-electron chi connectivity index (χ0n) is 16.3. The molecule has 10 heteroatoms. The van der Waals surface area contributed by atoms with Crippen LogP contribution in [-0.2, 0) is 16.6 Å². The fraction of sp³-hybridized carbons (Fsp3) is 0.368. The highest BCUT2D eigenvalue weighted by atomic mass is 32.2. The third-order valence-corrected chi connectivity index (χ3v) is 6.63. The van der Waals surface area contributed by atoms with E-state index in [0.29, 0.717) is 29.9 Å². The fourth-order valence-corrected chi connectivity index (χ4v) is 4.89. The molecule has 0 bridgehead atoms. The van der Waals surface area contributed by atoms with E-state index in [9.17, 15) is 18.5 Å². The molecule has 156 valence electrons. The number of ether oxygens (including phenoxy) is 3. The van der Waals surface area contributed by atoms with Gasteiger partial charge in [-0.3, -0.25) is 10.1 Å². The van der Waals surface area contributed by atoms with Crippen LogP contribution in [0.15, 0.2) is 41.3 Å². The Labute approximate surface area is 169 Å². The molecule has 1 aliphatic rings. The summed E-state index contributed by atoms with van der Waals surface area (Å²) in [5.41, 5.74) is 0.311. The zero-order chi connectivity index (χ0) is 21.2. The van der Waals surface area contributed by atoms with Crippen molar-refractivity contribution in [1.82, 2.24) is 4.31 Å². The van der Waals surface area contributed by atoms with Crippen LogP contribution in [0, 0.1) is 10.1 Å². The van der Waals surface area contributed by atoms with Crippen molar-refractivity contribution in [3.8, 4) is 17.2 Å². The molecule has 0 N–H and O–H groups in total. The van der Waals surface area contributed by atoms with E-state index in [1.54, 1.807) is 18.2 Å². The quantitative estimate of drug-likeness (QED) is 0.451. The summed E-state index contributed by atoms with van der Waals surface area (Å²) in [6.07, 6.45) is 1.42. The number of nitrogens with zero attached hydrogens (tertiary/aromatic N) is 2. The fourth-order valence-electron chi connectivity index (χ4n) is 3.05. The Morgan fingerprint density at radius 1 is 1.03 bits per heavy atom. The summed E-state index contributed by atoms with van der Waals surface area (Å²) in [5, 5.41) is 11.2. The number of non-ortho nitro benzene ring substituents is 1. The normalized spacial score (nSPS) is 13.9. The molecule has 0 amide bonds. The van der Waals surface area contributed by atoms with Gasteiger partial charge in [-0.15, -0.1) is 0 Å². The van der Waals surface area contributed by atoms with Gasteiger partial charge < -0.3 is 14.2 Å². The number of hydrogen-bond acceptors (Lipinski definition) is 7. The van der Waals surface area contributed by atoms with Crippen LogP contribution in [-0.4, -0.2) is 45.0 Å². The molecule has 0 spiro atoms. The van der Waals surface area contributed by atoms with E-state index >= 15 is 0 Å². The number of methoxy groups -OCH3 is 3. The minimum absolute atomic E-state index is 0.0409. The molecule has 9 nitrogen and oxygen atoms in total. The Bertz CT molecular complexity index is 1020. The maximum atomic E-state index is 13.5. The molecule has 0 aromatic heterocycles. The van der Waals surface area contributed by atoms with E-state index in [0.717, 1.165) is 6.07 Å². The second-order valence-corrected chi connectivity index (χ2v) is 8.41. The van der Waals surface area contributed by atoms with Gasteiger partial charge >= 0.3 is 0 Å². The van der Waals surface area contributed by atoms with Crippen molar-refractivity contribution in [1.29, 1.82) is 0 Å². The summed E-state index contributed by atoms with van der Waals surface area (Å²) >= 11 is 0.